The first kappa shape index (κ1) is 32.7. The Hall–Kier alpha value is -4.48. The number of carboxylic acids is 1. The zero-order valence-corrected chi connectivity index (χ0v) is 23.3. The maximum atomic E-state index is 12.5. The summed E-state index contributed by atoms with van der Waals surface area (Å²) in [4.78, 5) is 47.9. The normalized spacial score (nSPS) is 11.1. The molecule has 224 valence electrons. The number of carbonyl (C=O) groups excluding carboxylic acids is 3. The fraction of sp³-hybridized carbons (Fsp3) is 0.448. The minimum Gasteiger partial charge on any atom is -0.507 e. The molecule has 0 aliphatic rings. The number of phenols is 1. The van der Waals surface area contributed by atoms with Crippen molar-refractivity contribution in [3.05, 3.63) is 59.7 Å². The van der Waals surface area contributed by atoms with Crippen LogP contribution in [0.5, 0.6) is 11.5 Å². The Bertz CT molecular complexity index is 1110. The lowest BCUT2D eigenvalue weighted by Gasteiger charge is -2.16. The summed E-state index contributed by atoms with van der Waals surface area (Å²) in [5.41, 5.74) is 0.861. The van der Waals surface area contributed by atoms with E-state index in [1.807, 2.05) is 30.3 Å². The lowest BCUT2D eigenvalue weighted by Crippen LogP contribution is -2.48. The van der Waals surface area contributed by atoms with Crippen LogP contribution in [-0.4, -0.2) is 66.6 Å². The average Bonchev–Trinajstić information content (AvgIpc) is 2.96. The Kier molecular flexibility index (Phi) is 15.0. The summed E-state index contributed by atoms with van der Waals surface area (Å²) in [6.07, 6.45) is 5.21. The summed E-state index contributed by atoms with van der Waals surface area (Å²) in [6, 6.07) is 11.7. The molecule has 2 aromatic rings. The molecule has 1 atom stereocenters. The average molecular weight is 573 g/mol. The van der Waals surface area contributed by atoms with Crippen molar-refractivity contribution in [3.8, 4) is 11.5 Å². The standard InChI is InChI=1S/C29H40N4O8/c1-2-3-4-5-6-10-16-41-29(39)33-24(27(36)37)20-31-26(35)23-14-13-22(18-25(23)34)40-17-15-30-28(38)32-19-21-11-8-7-9-12-21/h7-9,11-14,18,24,34H,2-6,10,15-17,19-20H2,1H3,(H,31,35)(H,33,39)(H,36,37)(H2,30,32,38)/t24-/m0/s1. The van der Waals surface area contributed by atoms with Crippen molar-refractivity contribution < 1.29 is 38.9 Å². The van der Waals surface area contributed by atoms with E-state index in [1.54, 1.807) is 0 Å². The van der Waals surface area contributed by atoms with Gasteiger partial charge < -0.3 is 41.0 Å². The molecule has 2 aromatic carbocycles. The lowest BCUT2D eigenvalue weighted by molar-refractivity contribution is -0.139. The Labute approximate surface area is 239 Å². The molecule has 0 aliphatic carbocycles. The van der Waals surface area contributed by atoms with Crippen molar-refractivity contribution in [3.63, 3.8) is 0 Å². The number of hydrogen-bond donors (Lipinski definition) is 6. The largest absolute Gasteiger partial charge is 0.507 e. The zero-order chi connectivity index (χ0) is 29.9. The monoisotopic (exact) mass is 572 g/mol. The molecule has 0 radical (unpaired) electrons. The molecule has 41 heavy (non-hydrogen) atoms. The summed E-state index contributed by atoms with van der Waals surface area (Å²) in [7, 11) is 0. The molecular weight excluding hydrogens is 532 g/mol. The van der Waals surface area contributed by atoms with E-state index < -0.39 is 30.6 Å². The molecule has 0 saturated heterocycles. The number of aliphatic carboxylic acids is 1. The molecule has 0 aliphatic heterocycles. The predicted molar refractivity (Wildman–Crippen MR) is 152 cm³/mol. The Morgan fingerprint density at radius 3 is 2.32 bits per heavy atom. The van der Waals surface area contributed by atoms with Gasteiger partial charge in [0.2, 0.25) is 0 Å². The van der Waals surface area contributed by atoms with Crippen LogP contribution in [0.1, 0.15) is 61.4 Å². The van der Waals surface area contributed by atoms with E-state index in [4.69, 9.17) is 9.47 Å². The van der Waals surface area contributed by atoms with Crippen LogP contribution in [0, 0.1) is 0 Å². The van der Waals surface area contributed by atoms with E-state index in [0.29, 0.717) is 13.0 Å². The Balaban J connectivity index is 1.70. The van der Waals surface area contributed by atoms with Gasteiger partial charge in [-0.25, -0.2) is 14.4 Å². The first-order valence-electron chi connectivity index (χ1n) is 13.8. The number of alkyl carbamates (subject to hydrolysis) is 1. The fourth-order valence-corrected chi connectivity index (χ4v) is 3.69. The third-order valence-corrected chi connectivity index (χ3v) is 5.95. The highest BCUT2D eigenvalue weighted by Gasteiger charge is 2.22. The molecule has 0 aromatic heterocycles. The van der Waals surface area contributed by atoms with Crippen LogP contribution < -0.4 is 26.0 Å². The number of aromatic hydroxyl groups is 1. The summed E-state index contributed by atoms with van der Waals surface area (Å²) in [5, 5.41) is 29.6. The zero-order valence-electron chi connectivity index (χ0n) is 23.3. The van der Waals surface area contributed by atoms with Gasteiger partial charge >= 0.3 is 18.1 Å². The molecule has 0 unspecified atom stereocenters. The van der Waals surface area contributed by atoms with E-state index in [2.05, 4.69) is 28.2 Å². The SMILES string of the molecule is CCCCCCCCOC(=O)N[C@@H](CNC(=O)c1ccc(OCCNC(=O)NCc2ccccc2)cc1O)C(=O)O. The third-order valence-electron chi connectivity index (χ3n) is 5.95. The van der Waals surface area contributed by atoms with Crippen molar-refractivity contribution in [1.82, 2.24) is 21.3 Å². The fourth-order valence-electron chi connectivity index (χ4n) is 3.69. The smallest absolute Gasteiger partial charge is 0.407 e. The molecule has 2 rings (SSSR count). The molecular formula is C29H40N4O8. The van der Waals surface area contributed by atoms with Crippen molar-refractivity contribution in [1.29, 1.82) is 0 Å². The maximum Gasteiger partial charge on any atom is 0.407 e. The Morgan fingerprint density at radius 2 is 1.61 bits per heavy atom. The van der Waals surface area contributed by atoms with Crippen LogP contribution in [0.25, 0.3) is 0 Å². The number of phenolic OH excluding ortho intramolecular Hbond substituents is 1. The van der Waals surface area contributed by atoms with Crippen LogP contribution in [0.15, 0.2) is 48.5 Å². The molecule has 12 heteroatoms. The number of nitrogens with one attached hydrogen (secondary N) is 4. The van der Waals surface area contributed by atoms with Crippen molar-refractivity contribution in [2.24, 2.45) is 0 Å². The van der Waals surface area contributed by atoms with Crippen molar-refractivity contribution in [2.75, 3.05) is 26.3 Å². The van der Waals surface area contributed by atoms with E-state index in [1.165, 1.54) is 18.2 Å². The first-order valence-corrected chi connectivity index (χ1v) is 13.8. The highest BCUT2D eigenvalue weighted by atomic mass is 16.5. The minimum atomic E-state index is -1.42. The summed E-state index contributed by atoms with van der Waals surface area (Å²) >= 11 is 0. The number of amides is 4. The van der Waals surface area contributed by atoms with Crippen LogP contribution in [0.2, 0.25) is 0 Å². The number of unbranched alkanes of at least 4 members (excludes halogenated alkanes) is 5. The van der Waals surface area contributed by atoms with Crippen molar-refractivity contribution in [2.45, 2.75) is 58.0 Å². The number of carboxylic acid groups (broad SMARTS) is 1. The molecule has 0 fully saturated rings. The molecule has 12 nitrogen and oxygen atoms in total. The quantitative estimate of drug-likeness (QED) is 0.147. The van der Waals surface area contributed by atoms with Gasteiger partial charge in [-0.3, -0.25) is 4.79 Å². The van der Waals surface area contributed by atoms with Crippen LogP contribution in [-0.2, 0) is 16.1 Å². The number of benzene rings is 2. The van der Waals surface area contributed by atoms with Gasteiger partial charge in [0.25, 0.3) is 5.91 Å². The molecule has 0 heterocycles. The van der Waals surface area contributed by atoms with E-state index >= 15 is 0 Å². The van der Waals surface area contributed by atoms with Gasteiger partial charge in [-0.05, 0) is 24.1 Å². The second-order valence-electron chi connectivity index (χ2n) is 9.27. The third kappa shape index (κ3) is 13.4. The minimum absolute atomic E-state index is 0.106. The van der Waals surface area contributed by atoms with Gasteiger partial charge in [0.05, 0.1) is 18.7 Å². The van der Waals surface area contributed by atoms with E-state index in [0.717, 1.165) is 37.7 Å². The van der Waals surface area contributed by atoms with Crippen LogP contribution >= 0.6 is 0 Å². The first-order chi connectivity index (χ1) is 19.8. The number of ether oxygens (including phenoxy) is 2. The summed E-state index contributed by atoms with van der Waals surface area (Å²) < 4.78 is 10.5. The molecule has 4 amide bonds. The van der Waals surface area contributed by atoms with Gasteiger partial charge in [-0.2, -0.15) is 0 Å². The topological polar surface area (TPSA) is 175 Å². The molecule has 0 bridgehead atoms. The van der Waals surface area contributed by atoms with Crippen LogP contribution in [0.3, 0.4) is 0 Å². The number of urea groups is 1. The summed E-state index contributed by atoms with van der Waals surface area (Å²) in [6.45, 7) is 2.59. The second-order valence-corrected chi connectivity index (χ2v) is 9.27. The van der Waals surface area contributed by atoms with Crippen LogP contribution in [0.4, 0.5) is 9.59 Å². The second kappa shape index (κ2) is 18.7. The van der Waals surface area contributed by atoms with Gasteiger partial charge in [0.1, 0.15) is 24.1 Å². The number of carbonyl (C=O) groups is 4. The van der Waals surface area contributed by atoms with Gasteiger partial charge in [0, 0.05) is 19.2 Å². The highest BCUT2D eigenvalue weighted by molar-refractivity contribution is 5.97. The van der Waals surface area contributed by atoms with Gasteiger partial charge in [-0.1, -0.05) is 69.4 Å². The van der Waals surface area contributed by atoms with Gasteiger partial charge in [0.15, 0.2) is 0 Å². The van der Waals surface area contributed by atoms with E-state index in [9.17, 15) is 29.4 Å². The Morgan fingerprint density at radius 1 is 0.878 bits per heavy atom. The number of hydrogen-bond acceptors (Lipinski definition) is 7. The van der Waals surface area contributed by atoms with Crippen molar-refractivity contribution >= 4 is 24.0 Å². The van der Waals surface area contributed by atoms with E-state index in [-0.39, 0.29) is 42.9 Å². The van der Waals surface area contributed by atoms with Gasteiger partial charge in [-0.15, -0.1) is 0 Å². The summed E-state index contributed by atoms with van der Waals surface area (Å²) in [5.74, 6) is -2.20. The predicted octanol–water partition coefficient (Wildman–Crippen LogP) is 3.54. The highest BCUT2D eigenvalue weighted by Crippen LogP contribution is 2.23. The maximum absolute atomic E-state index is 12.5. The molecule has 0 saturated carbocycles. The molecule has 0 spiro atoms. The molecule has 6 N–H and O–H groups in total. The number of rotatable bonds is 18. The lowest BCUT2D eigenvalue weighted by atomic mass is 10.1.